The van der Waals surface area contributed by atoms with Gasteiger partial charge in [0, 0.05) is 17.0 Å². The lowest BCUT2D eigenvalue weighted by atomic mass is 10.2. The number of nitro benzene ring substituents is 1. The molecule has 0 amide bonds. The molecule has 0 saturated heterocycles. The number of hydrogen-bond donors (Lipinski definition) is 1. The lowest BCUT2D eigenvalue weighted by Gasteiger charge is -2.10. The smallest absolute Gasteiger partial charge is 0.322 e. The summed E-state index contributed by atoms with van der Waals surface area (Å²) in [5.41, 5.74) is 5.37. The minimum Gasteiger partial charge on any atom is -0.487 e. The van der Waals surface area contributed by atoms with Crippen LogP contribution < -0.4 is 10.5 Å². The second kappa shape index (κ2) is 7.05. The van der Waals surface area contributed by atoms with Crippen molar-refractivity contribution in [3.8, 4) is 5.75 Å². The Hall–Kier alpha value is -1.67. The van der Waals surface area contributed by atoms with E-state index in [1.165, 1.54) is 19.2 Å². The Bertz CT molecular complexity index is 480. The minimum atomic E-state index is -0.806. The Morgan fingerprint density at radius 3 is 2.84 bits per heavy atom. The SMILES string of the molecule is COC(=O)C(N)CCOc1ccc(Br)cc1[N+](=O)[O-]. The second-order valence-corrected chi connectivity index (χ2v) is 4.55. The molecule has 1 atom stereocenters. The van der Waals surface area contributed by atoms with Crippen LogP contribution in [0.4, 0.5) is 5.69 Å². The topological polar surface area (TPSA) is 105 Å². The molecular weight excluding hydrogens is 320 g/mol. The Labute approximate surface area is 118 Å². The third kappa shape index (κ3) is 4.49. The van der Waals surface area contributed by atoms with Gasteiger partial charge < -0.3 is 15.2 Å². The molecule has 104 valence electrons. The Morgan fingerprint density at radius 2 is 2.26 bits per heavy atom. The minimum absolute atomic E-state index is 0.0821. The first-order chi connectivity index (χ1) is 8.95. The van der Waals surface area contributed by atoms with Gasteiger partial charge in [-0.1, -0.05) is 15.9 Å². The highest BCUT2D eigenvalue weighted by atomic mass is 79.9. The Balaban J connectivity index is 2.63. The van der Waals surface area contributed by atoms with Gasteiger partial charge in [0.15, 0.2) is 5.75 Å². The van der Waals surface area contributed by atoms with Gasteiger partial charge in [-0.2, -0.15) is 0 Å². The molecule has 0 saturated carbocycles. The van der Waals surface area contributed by atoms with Crippen LogP contribution in [-0.2, 0) is 9.53 Å². The van der Waals surface area contributed by atoms with Gasteiger partial charge in [-0.25, -0.2) is 0 Å². The standard InChI is InChI=1S/C11H13BrN2O5/c1-18-11(15)8(13)4-5-19-10-3-2-7(12)6-9(10)14(16)17/h2-3,6,8H,4-5,13H2,1H3. The van der Waals surface area contributed by atoms with Crippen LogP contribution in [0.15, 0.2) is 22.7 Å². The summed E-state index contributed by atoms with van der Waals surface area (Å²) in [6.45, 7) is 0.0821. The molecule has 8 heteroatoms. The van der Waals surface area contributed by atoms with Crippen molar-refractivity contribution in [2.24, 2.45) is 5.73 Å². The van der Waals surface area contributed by atoms with Crippen molar-refractivity contribution < 1.29 is 19.2 Å². The van der Waals surface area contributed by atoms with E-state index in [4.69, 9.17) is 10.5 Å². The fourth-order valence-corrected chi connectivity index (χ4v) is 1.67. The molecule has 2 N–H and O–H groups in total. The number of hydrogen-bond acceptors (Lipinski definition) is 6. The van der Waals surface area contributed by atoms with E-state index in [1.807, 2.05) is 0 Å². The number of nitrogens with two attached hydrogens (primary N) is 1. The van der Waals surface area contributed by atoms with Crippen LogP contribution in [0.1, 0.15) is 6.42 Å². The predicted octanol–water partition coefficient (Wildman–Crippen LogP) is 1.63. The number of methoxy groups -OCH3 is 1. The first-order valence-corrected chi connectivity index (χ1v) is 6.15. The normalized spacial score (nSPS) is 11.7. The summed E-state index contributed by atoms with van der Waals surface area (Å²) in [5, 5.41) is 10.8. The molecule has 1 rings (SSSR count). The molecule has 0 spiro atoms. The molecule has 0 bridgehead atoms. The average molecular weight is 333 g/mol. The van der Waals surface area contributed by atoms with Crippen LogP contribution in [-0.4, -0.2) is 30.7 Å². The molecule has 0 aliphatic carbocycles. The summed E-state index contributed by atoms with van der Waals surface area (Å²) < 4.78 is 10.3. The van der Waals surface area contributed by atoms with Crippen LogP contribution in [0, 0.1) is 10.1 Å². The van der Waals surface area contributed by atoms with Crippen molar-refractivity contribution in [2.45, 2.75) is 12.5 Å². The highest BCUT2D eigenvalue weighted by Gasteiger charge is 2.17. The van der Waals surface area contributed by atoms with Crippen molar-refractivity contribution in [2.75, 3.05) is 13.7 Å². The van der Waals surface area contributed by atoms with Gasteiger partial charge in [0.1, 0.15) is 6.04 Å². The highest BCUT2D eigenvalue weighted by molar-refractivity contribution is 9.10. The summed E-state index contributed by atoms with van der Waals surface area (Å²) in [6.07, 6.45) is 0.208. The molecule has 0 radical (unpaired) electrons. The quantitative estimate of drug-likeness (QED) is 0.482. The Morgan fingerprint density at radius 1 is 1.58 bits per heavy atom. The second-order valence-electron chi connectivity index (χ2n) is 3.64. The number of carbonyl (C=O) groups excluding carboxylic acids is 1. The number of esters is 1. The zero-order valence-corrected chi connectivity index (χ0v) is 11.8. The van der Waals surface area contributed by atoms with Crippen molar-refractivity contribution >= 4 is 27.6 Å². The van der Waals surface area contributed by atoms with Crippen molar-refractivity contribution in [1.82, 2.24) is 0 Å². The molecule has 0 aliphatic rings. The highest BCUT2D eigenvalue weighted by Crippen LogP contribution is 2.30. The lowest BCUT2D eigenvalue weighted by Crippen LogP contribution is -2.33. The molecule has 1 aromatic rings. The molecule has 1 aromatic carbocycles. The molecule has 0 heterocycles. The van der Waals surface area contributed by atoms with E-state index >= 15 is 0 Å². The summed E-state index contributed by atoms with van der Waals surface area (Å²) in [7, 11) is 1.24. The van der Waals surface area contributed by atoms with E-state index < -0.39 is 16.9 Å². The zero-order chi connectivity index (χ0) is 14.4. The molecule has 19 heavy (non-hydrogen) atoms. The van der Waals surface area contributed by atoms with Gasteiger partial charge in [-0.05, 0) is 12.1 Å². The number of halogens is 1. The van der Waals surface area contributed by atoms with Crippen LogP contribution in [0.3, 0.4) is 0 Å². The van der Waals surface area contributed by atoms with Gasteiger partial charge in [0.25, 0.3) is 0 Å². The molecule has 1 unspecified atom stereocenters. The van der Waals surface area contributed by atoms with Crippen molar-refractivity contribution in [3.05, 3.63) is 32.8 Å². The lowest BCUT2D eigenvalue weighted by molar-refractivity contribution is -0.385. The summed E-state index contributed by atoms with van der Waals surface area (Å²) in [4.78, 5) is 21.3. The Kier molecular flexibility index (Phi) is 5.71. The monoisotopic (exact) mass is 332 g/mol. The number of rotatable bonds is 6. The van der Waals surface area contributed by atoms with Crippen molar-refractivity contribution in [3.63, 3.8) is 0 Å². The molecule has 7 nitrogen and oxygen atoms in total. The largest absolute Gasteiger partial charge is 0.487 e. The van der Waals surface area contributed by atoms with Gasteiger partial charge in [0.05, 0.1) is 18.6 Å². The molecular formula is C11H13BrN2O5. The number of nitrogens with zero attached hydrogens (tertiary/aromatic N) is 1. The first kappa shape index (κ1) is 15.4. The van der Waals surface area contributed by atoms with Gasteiger partial charge >= 0.3 is 11.7 Å². The summed E-state index contributed by atoms with van der Waals surface area (Å²) >= 11 is 3.14. The summed E-state index contributed by atoms with van der Waals surface area (Å²) in [6, 6.07) is 3.64. The van der Waals surface area contributed by atoms with Gasteiger partial charge in [-0.15, -0.1) is 0 Å². The fourth-order valence-electron chi connectivity index (χ4n) is 1.32. The number of benzene rings is 1. The van der Waals surface area contributed by atoms with E-state index in [0.717, 1.165) is 0 Å². The number of ether oxygens (including phenoxy) is 2. The molecule has 0 aromatic heterocycles. The van der Waals surface area contributed by atoms with E-state index in [1.54, 1.807) is 6.07 Å². The molecule has 0 aliphatic heterocycles. The maximum atomic E-state index is 11.1. The maximum absolute atomic E-state index is 11.1. The average Bonchev–Trinajstić information content (AvgIpc) is 2.38. The maximum Gasteiger partial charge on any atom is 0.322 e. The van der Waals surface area contributed by atoms with E-state index in [-0.39, 0.29) is 24.5 Å². The first-order valence-electron chi connectivity index (χ1n) is 5.36. The third-order valence-corrected chi connectivity index (χ3v) is 2.80. The van der Waals surface area contributed by atoms with Crippen LogP contribution in [0.2, 0.25) is 0 Å². The molecule has 0 fully saturated rings. The van der Waals surface area contributed by atoms with Crippen LogP contribution in [0.5, 0.6) is 5.75 Å². The number of nitro groups is 1. The van der Waals surface area contributed by atoms with Crippen LogP contribution >= 0.6 is 15.9 Å². The third-order valence-electron chi connectivity index (χ3n) is 2.31. The zero-order valence-electron chi connectivity index (χ0n) is 10.2. The predicted molar refractivity (Wildman–Crippen MR) is 70.9 cm³/mol. The summed E-state index contributed by atoms with van der Waals surface area (Å²) in [5.74, 6) is -0.417. The van der Waals surface area contributed by atoms with Gasteiger partial charge in [-0.3, -0.25) is 14.9 Å². The van der Waals surface area contributed by atoms with Crippen molar-refractivity contribution in [1.29, 1.82) is 0 Å². The van der Waals surface area contributed by atoms with E-state index in [0.29, 0.717) is 4.47 Å². The fraction of sp³-hybridized carbons (Fsp3) is 0.364. The van der Waals surface area contributed by atoms with E-state index in [9.17, 15) is 14.9 Å². The van der Waals surface area contributed by atoms with E-state index in [2.05, 4.69) is 20.7 Å². The van der Waals surface area contributed by atoms with Gasteiger partial charge in [0.2, 0.25) is 0 Å². The number of carbonyl (C=O) groups is 1. The van der Waals surface area contributed by atoms with Crippen LogP contribution in [0.25, 0.3) is 0 Å².